The van der Waals surface area contributed by atoms with E-state index in [1.165, 1.54) is 0 Å². The van der Waals surface area contributed by atoms with Gasteiger partial charge in [-0.3, -0.25) is 4.79 Å². The van der Waals surface area contributed by atoms with Crippen LogP contribution in [0.4, 0.5) is 0 Å². The zero-order chi connectivity index (χ0) is 13.0. The summed E-state index contributed by atoms with van der Waals surface area (Å²) in [4.78, 5) is 14.1. The van der Waals surface area contributed by atoms with E-state index in [4.69, 9.17) is 11.6 Å². The Morgan fingerprint density at radius 3 is 3.00 bits per heavy atom. The van der Waals surface area contributed by atoms with Gasteiger partial charge in [-0.2, -0.15) is 0 Å². The van der Waals surface area contributed by atoms with Gasteiger partial charge in [-0.05, 0) is 37.6 Å². The van der Waals surface area contributed by atoms with Crippen molar-refractivity contribution >= 4 is 17.5 Å². The Kier molecular flexibility index (Phi) is 4.61. The fourth-order valence-corrected chi connectivity index (χ4v) is 2.63. The van der Waals surface area contributed by atoms with Crippen LogP contribution in [0.5, 0.6) is 0 Å². The van der Waals surface area contributed by atoms with Crippen molar-refractivity contribution in [3.05, 3.63) is 34.9 Å². The van der Waals surface area contributed by atoms with Crippen LogP contribution in [0.15, 0.2) is 24.3 Å². The first-order valence-corrected chi connectivity index (χ1v) is 6.74. The number of likely N-dealkylation sites (tertiary alicyclic amines) is 1. The predicted molar refractivity (Wildman–Crippen MR) is 73.8 cm³/mol. The van der Waals surface area contributed by atoms with Crippen LogP contribution in [0.2, 0.25) is 5.02 Å². The van der Waals surface area contributed by atoms with Crippen molar-refractivity contribution in [2.45, 2.75) is 12.8 Å². The van der Waals surface area contributed by atoms with Crippen LogP contribution < -0.4 is 5.32 Å². The van der Waals surface area contributed by atoms with Crippen molar-refractivity contribution in [1.82, 2.24) is 10.2 Å². The highest BCUT2D eigenvalue weighted by Gasteiger charge is 2.25. The number of rotatable bonds is 4. The highest BCUT2D eigenvalue weighted by molar-refractivity contribution is 6.31. The molecule has 1 atom stereocenters. The zero-order valence-electron chi connectivity index (χ0n) is 10.7. The van der Waals surface area contributed by atoms with Crippen molar-refractivity contribution in [2.24, 2.45) is 5.92 Å². The Morgan fingerprint density at radius 1 is 1.50 bits per heavy atom. The van der Waals surface area contributed by atoms with E-state index >= 15 is 0 Å². The third kappa shape index (κ3) is 3.24. The number of carbonyl (C=O) groups is 1. The molecular weight excluding hydrogens is 248 g/mol. The van der Waals surface area contributed by atoms with Gasteiger partial charge in [0.15, 0.2) is 0 Å². The molecule has 1 amide bonds. The number of nitrogens with zero attached hydrogens (tertiary/aromatic N) is 1. The number of hydrogen-bond donors (Lipinski definition) is 1. The number of carbonyl (C=O) groups excluding carboxylic acids is 1. The van der Waals surface area contributed by atoms with E-state index in [0.29, 0.717) is 17.4 Å². The van der Waals surface area contributed by atoms with Crippen LogP contribution in [0.1, 0.15) is 12.0 Å². The van der Waals surface area contributed by atoms with Crippen LogP contribution in [0.3, 0.4) is 0 Å². The molecule has 1 N–H and O–H groups in total. The fraction of sp³-hybridized carbons (Fsp3) is 0.500. The molecule has 0 bridgehead atoms. The predicted octanol–water partition coefficient (Wildman–Crippen LogP) is 1.95. The summed E-state index contributed by atoms with van der Waals surface area (Å²) in [5, 5.41) is 3.85. The number of nitrogens with one attached hydrogen (secondary N) is 1. The van der Waals surface area contributed by atoms with Gasteiger partial charge >= 0.3 is 0 Å². The molecule has 4 heteroatoms. The third-order valence-corrected chi connectivity index (χ3v) is 3.80. The van der Waals surface area contributed by atoms with Crippen LogP contribution in [0, 0.1) is 5.92 Å². The van der Waals surface area contributed by atoms with E-state index in [1.54, 1.807) is 0 Å². The van der Waals surface area contributed by atoms with Crippen molar-refractivity contribution in [3.63, 3.8) is 0 Å². The summed E-state index contributed by atoms with van der Waals surface area (Å²) in [6, 6.07) is 7.55. The average molecular weight is 267 g/mol. The second-order valence-corrected chi connectivity index (χ2v) is 5.23. The summed E-state index contributed by atoms with van der Waals surface area (Å²) >= 11 is 6.07. The average Bonchev–Trinajstić information content (AvgIpc) is 2.81. The van der Waals surface area contributed by atoms with Gasteiger partial charge in [0.1, 0.15) is 0 Å². The lowest BCUT2D eigenvalue weighted by atomic mass is 10.1. The van der Waals surface area contributed by atoms with Gasteiger partial charge in [0.25, 0.3) is 0 Å². The number of amides is 1. The van der Waals surface area contributed by atoms with E-state index < -0.39 is 0 Å². The van der Waals surface area contributed by atoms with Gasteiger partial charge in [0.2, 0.25) is 5.91 Å². The smallest absolute Gasteiger partial charge is 0.227 e. The van der Waals surface area contributed by atoms with E-state index in [2.05, 4.69) is 5.32 Å². The molecule has 18 heavy (non-hydrogen) atoms. The highest BCUT2D eigenvalue weighted by atomic mass is 35.5. The Morgan fingerprint density at radius 2 is 2.28 bits per heavy atom. The summed E-state index contributed by atoms with van der Waals surface area (Å²) in [5.41, 5.74) is 0.918. The van der Waals surface area contributed by atoms with Crippen molar-refractivity contribution < 1.29 is 4.79 Å². The monoisotopic (exact) mass is 266 g/mol. The van der Waals surface area contributed by atoms with E-state index in [1.807, 2.05) is 36.2 Å². The standard InChI is InChI=1S/C14H19ClN2O/c1-16-9-11-6-7-17(10-11)14(18)8-12-4-2-3-5-13(12)15/h2-5,11,16H,6-10H2,1H3/t11-/m0/s1. The summed E-state index contributed by atoms with van der Waals surface area (Å²) in [6.07, 6.45) is 1.50. The minimum Gasteiger partial charge on any atom is -0.342 e. The normalized spacial score (nSPS) is 19.2. The summed E-state index contributed by atoms with van der Waals surface area (Å²) < 4.78 is 0. The molecule has 1 aromatic carbocycles. The van der Waals surface area contributed by atoms with Crippen LogP contribution in [-0.4, -0.2) is 37.5 Å². The lowest BCUT2D eigenvalue weighted by Crippen LogP contribution is -2.31. The van der Waals surface area contributed by atoms with Gasteiger partial charge in [0.05, 0.1) is 6.42 Å². The lowest BCUT2D eigenvalue weighted by Gasteiger charge is -2.17. The van der Waals surface area contributed by atoms with E-state index in [0.717, 1.165) is 31.6 Å². The quantitative estimate of drug-likeness (QED) is 0.904. The molecule has 0 radical (unpaired) electrons. The van der Waals surface area contributed by atoms with Gasteiger partial charge in [-0.25, -0.2) is 0 Å². The number of benzene rings is 1. The molecule has 0 unspecified atom stereocenters. The lowest BCUT2D eigenvalue weighted by molar-refractivity contribution is -0.129. The first-order chi connectivity index (χ1) is 8.70. The minimum absolute atomic E-state index is 0.182. The maximum absolute atomic E-state index is 12.2. The second kappa shape index (κ2) is 6.21. The Balaban J connectivity index is 1.91. The maximum atomic E-state index is 12.2. The Labute approximate surface area is 113 Å². The van der Waals surface area contributed by atoms with E-state index in [9.17, 15) is 4.79 Å². The van der Waals surface area contributed by atoms with Gasteiger partial charge in [-0.1, -0.05) is 29.8 Å². The zero-order valence-corrected chi connectivity index (χ0v) is 11.4. The van der Waals surface area contributed by atoms with Gasteiger partial charge < -0.3 is 10.2 Å². The number of hydrogen-bond acceptors (Lipinski definition) is 2. The molecule has 1 aromatic rings. The molecule has 0 spiro atoms. The molecule has 2 rings (SSSR count). The molecule has 0 saturated carbocycles. The molecule has 0 aliphatic carbocycles. The summed E-state index contributed by atoms with van der Waals surface area (Å²) in [6.45, 7) is 2.72. The molecule has 1 fully saturated rings. The summed E-state index contributed by atoms with van der Waals surface area (Å²) in [5.74, 6) is 0.770. The van der Waals surface area contributed by atoms with E-state index in [-0.39, 0.29) is 5.91 Å². The summed E-state index contributed by atoms with van der Waals surface area (Å²) in [7, 11) is 1.95. The molecule has 1 saturated heterocycles. The van der Waals surface area contributed by atoms with Crippen molar-refractivity contribution in [2.75, 3.05) is 26.7 Å². The Bertz CT molecular complexity index is 422. The topological polar surface area (TPSA) is 32.3 Å². The van der Waals surface area contributed by atoms with Gasteiger partial charge in [-0.15, -0.1) is 0 Å². The minimum atomic E-state index is 0.182. The third-order valence-electron chi connectivity index (χ3n) is 3.43. The SMILES string of the molecule is CNC[C@@H]1CCN(C(=O)Cc2ccccc2Cl)C1. The molecule has 3 nitrogen and oxygen atoms in total. The number of halogens is 1. The molecule has 1 aliphatic rings. The molecular formula is C14H19ClN2O. The van der Waals surface area contributed by atoms with Crippen LogP contribution >= 0.6 is 11.6 Å². The van der Waals surface area contributed by atoms with Crippen molar-refractivity contribution in [3.8, 4) is 0 Å². The first-order valence-electron chi connectivity index (χ1n) is 6.36. The fourth-order valence-electron chi connectivity index (χ4n) is 2.43. The highest BCUT2D eigenvalue weighted by Crippen LogP contribution is 2.19. The van der Waals surface area contributed by atoms with Gasteiger partial charge in [0, 0.05) is 18.1 Å². The molecule has 0 aromatic heterocycles. The Hall–Kier alpha value is -1.06. The van der Waals surface area contributed by atoms with Crippen LogP contribution in [0.25, 0.3) is 0 Å². The molecule has 1 aliphatic heterocycles. The maximum Gasteiger partial charge on any atom is 0.227 e. The second-order valence-electron chi connectivity index (χ2n) is 4.82. The van der Waals surface area contributed by atoms with Crippen molar-refractivity contribution in [1.29, 1.82) is 0 Å². The first kappa shape index (κ1) is 13.4. The largest absolute Gasteiger partial charge is 0.342 e. The molecule has 1 heterocycles. The van der Waals surface area contributed by atoms with Crippen LogP contribution in [-0.2, 0) is 11.2 Å². The molecule has 98 valence electrons.